The summed E-state index contributed by atoms with van der Waals surface area (Å²) in [5.74, 6) is -1.34. The summed E-state index contributed by atoms with van der Waals surface area (Å²) >= 11 is 0. The van der Waals surface area contributed by atoms with E-state index in [9.17, 15) is 9.18 Å². The van der Waals surface area contributed by atoms with E-state index in [1.54, 1.807) is 25.3 Å². The Hall–Kier alpha value is -4.18. The van der Waals surface area contributed by atoms with Crippen LogP contribution in [0.5, 0.6) is 11.5 Å². The molecule has 1 aromatic heterocycles. The van der Waals surface area contributed by atoms with Crippen LogP contribution in [0, 0.1) is 16.6 Å². The number of anilines is 1. The molecule has 33 heavy (non-hydrogen) atoms. The normalized spacial score (nSPS) is 10.4. The quantitative estimate of drug-likeness (QED) is 0.254. The molecule has 1 amide bonds. The maximum Gasteiger partial charge on any atom is 0.259 e. The summed E-state index contributed by atoms with van der Waals surface area (Å²) in [5.41, 5.74) is 0.0953. The standard InChI is InChI=1S/C23H22FN3O6/c1-29-10-11-31-15-6-8-19(30-2)16(13-15)23(28)27-18-12-14(5-7-17(18)24)21(25)33-22(26)20-4-3-9-32-20/h3-9,12-13,25-26H,10-11H2,1-2H3,(H,27,28). The van der Waals surface area contributed by atoms with Gasteiger partial charge in [-0.25, -0.2) is 4.39 Å². The largest absolute Gasteiger partial charge is 0.496 e. The fraction of sp³-hybridized carbons (Fsp3) is 0.174. The van der Waals surface area contributed by atoms with Crippen LogP contribution in [-0.2, 0) is 9.47 Å². The Morgan fingerprint density at radius 1 is 1.06 bits per heavy atom. The molecule has 0 saturated carbocycles. The zero-order valence-corrected chi connectivity index (χ0v) is 17.9. The highest BCUT2D eigenvalue weighted by atomic mass is 19.1. The third kappa shape index (κ3) is 5.95. The van der Waals surface area contributed by atoms with Crippen LogP contribution in [0.3, 0.4) is 0 Å². The lowest BCUT2D eigenvalue weighted by Crippen LogP contribution is -2.16. The van der Waals surface area contributed by atoms with Crippen molar-refractivity contribution in [2.24, 2.45) is 0 Å². The molecule has 3 rings (SSSR count). The molecule has 0 aliphatic rings. The van der Waals surface area contributed by atoms with Crippen LogP contribution in [0.2, 0.25) is 0 Å². The predicted octanol–water partition coefficient (Wildman–Crippen LogP) is 4.07. The minimum Gasteiger partial charge on any atom is -0.496 e. The maximum absolute atomic E-state index is 14.4. The second-order valence-electron chi connectivity index (χ2n) is 6.59. The first kappa shape index (κ1) is 23.5. The van der Waals surface area contributed by atoms with E-state index in [4.69, 9.17) is 34.2 Å². The third-order valence-electron chi connectivity index (χ3n) is 4.40. The molecule has 2 aromatic carbocycles. The summed E-state index contributed by atoms with van der Waals surface area (Å²) in [5, 5.41) is 18.4. The number of methoxy groups -OCH3 is 2. The molecule has 0 aliphatic heterocycles. The summed E-state index contributed by atoms with van der Waals surface area (Å²) in [6.07, 6.45) is 1.37. The van der Waals surface area contributed by atoms with Crippen LogP contribution in [0.15, 0.2) is 59.2 Å². The van der Waals surface area contributed by atoms with Crippen LogP contribution in [-0.4, -0.2) is 45.1 Å². The molecule has 0 saturated heterocycles. The second kappa shape index (κ2) is 10.9. The van der Waals surface area contributed by atoms with Gasteiger partial charge < -0.3 is 28.7 Å². The third-order valence-corrected chi connectivity index (χ3v) is 4.40. The number of carbonyl (C=O) groups excluding carboxylic acids is 1. The minimum absolute atomic E-state index is 0.128. The highest BCUT2D eigenvalue weighted by Crippen LogP contribution is 2.26. The lowest BCUT2D eigenvalue weighted by atomic mass is 10.1. The molecule has 3 aromatic rings. The molecular weight excluding hydrogens is 433 g/mol. The Labute approximate surface area is 189 Å². The molecule has 10 heteroatoms. The molecule has 0 radical (unpaired) electrons. The molecule has 0 unspecified atom stereocenters. The van der Waals surface area contributed by atoms with Crippen molar-refractivity contribution in [3.8, 4) is 11.5 Å². The molecular formula is C23H22FN3O6. The zero-order chi connectivity index (χ0) is 23.8. The lowest BCUT2D eigenvalue weighted by molar-refractivity contribution is 0.102. The average molecular weight is 455 g/mol. The van der Waals surface area contributed by atoms with Crippen LogP contribution in [0.25, 0.3) is 0 Å². The van der Waals surface area contributed by atoms with Gasteiger partial charge in [0, 0.05) is 12.7 Å². The molecule has 0 fully saturated rings. The van der Waals surface area contributed by atoms with Gasteiger partial charge in [0.15, 0.2) is 5.76 Å². The molecule has 0 atom stereocenters. The topological polar surface area (TPSA) is 127 Å². The number of rotatable bonds is 9. The Kier molecular flexibility index (Phi) is 7.77. The SMILES string of the molecule is COCCOc1ccc(OC)c(C(=O)Nc2cc(C(=N)OC(=N)c3ccco3)ccc2F)c1. The van der Waals surface area contributed by atoms with Gasteiger partial charge in [-0.05, 0) is 48.5 Å². The predicted molar refractivity (Wildman–Crippen MR) is 118 cm³/mol. The van der Waals surface area contributed by atoms with E-state index in [-0.39, 0.29) is 40.8 Å². The monoisotopic (exact) mass is 455 g/mol. The number of nitrogens with one attached hydrogen (secondary N) is 3. The van der Waals surface area contributed by atoms with Crippen molar-refractivity contribution in [1.82, 2.24) is 0 Å². The zero-order valence-electron chi connectivity index (χ0n) is 17.9. The van der Waals surface area contributed by atoms with E-state index in [0.29, 0.717) is 12.4 Å². The van der Waals surface area contributed by atoms with Crippen LogP contribution < -0.4 is 14.8 Å². The first-order chi connectivity index (χ1) is 15.9. The van der Waals surface area contributed by atoms with Gasteiger partial charge in [0.2, 0.25) is 5.90 Å². The summed E-state index contributed by atoms with van der Waals surface area (Å²) in [4.78, 5) is 12.9. The van der Waals surface area contributed by atoms with Gasteiger partial charge in [-0.1, -0.05) is 0 Å². The van der Waals surface area contributed by atoms with Crippen molar-refractivity contribution in [1.29, 1.82) is 10.8 Å². The van der Waals surface area contributed by atoms with E-state index in [1.165, 1.54) is 37.6 Å². The van der Waals surface area contributed by atoms with Crippen LogP contribution in [0.1, 0.15) is 21.7 Å². The van der Waals surface area contributed by atoms with E-state index < -0.39 is 17.6 Å². The molecule has 0 spiro atoms. The van der Waals surface area contributed by atoms with Crippen LogP contribution in [0.4, 0.5) is 10.1 Å². The molecule has 172 valence electrons. The number of hydrogen-bond acceptors (Lipinski definition) is 8. The Morgan fingerprint density at radius 2 is 1.88 bits per heavy atom. The summed E-state index contributed by atoms with van der Waals surface area (Å²) < 4.78 is 40.3. The van der Waals surface area contributed by atoms with Crippen molar-refractivity contribution >= 4 is 23.4 Å². The van der Waals surface area contributed by atoms with Crippen molar-refractivity contribution in [3.05, 3.63) is 77.5 Å². The number of hydrogen-bond donors (Lipinski definition) is 3. The number of benzene rings is 2. The van der Waals surface area contributed by atoms with Crippen LogP contribution >= 0.6 is 0 Å². The van der Waals surface area contributed by atoms with E-state index >= 15 is 0 Å². The smallest absolute Gasteiger partial charge is 0.259 e. The van der Waals surface area contributed by atoms with E-state index in [1.807, 2.05) is 0 Å². The van der Waals surface area contributed by atoms with Gasteiger partial charge in [-0.2, -0.15) is 0 Å². The number of amides is 1. The van der Waals surface area contributed by atoms with Gasteiger partial charge in [-0.3, -0.25) is 15.6 Å². The lowest BCUT2D eigenvalue weighted by Gasteiger charge is -2.13. The summed E-state index contributed by atoms with van der Waals surface area (Å²) in [7, 11) is 2.95. The maximum atomic E-state index is 14.4. The number of furan rings is 1. The summed E-state index contributed by atoms with van der Waals surface area (Å²) in [6, 6.07) is 11.4. The Morgan fingerprint density at radius 3 is 2.58 bits per heavy atom. The van der Waals surface area contributed by atoms with Gasteiger partial charge in [0.05, 0.1) is 31.2 Å². The highest BCUT2D eigenvalue weighted by molar-refractivity contribution is 6.08. The first-order valence-corrected chi connectivity index (χ1v) is 9.72. The minimum atomic E-state index is -0.715. The highest BCUT2D eigenvalue weighted by Gasteiger charge is 2.18. The van der Waals surface area contributed by atoms with Crippen molar-refractivity contribution in [2.45, 2.75) is 0 Å². The van der Waals surface area contributed by atoms with Crippen molar-refractivity contribution in [2.75, 3.05) is 32.8 Å². The van der Waals surface area contributed by atoms with Crippen molar-refractivity contribution in [3.63, 3.8) is 0 Å². The fourth-order valence-corrected chi connectivity index (χ4v) is 2.77. The van der Waals surface area contributed by atoms with Gasteiger partial charge in [0.25, 0.3) is 11.8 Å². The van der Waals surface area contributed by atoms with Gasteiger partial charge >= 0.3 is 0 Å². The fourth-order valence-electron chi connectivity index (χ4n) is 2.77. The molecule has 9 nitrogen and oxygen atoms in total. The average Bonchev–Trinajstić information content (AvgIpc) is 3.35. The van der Waals surface area contributed by atoms with E-state index in [0.717, 1.165) is 6.07 Å². The Balaban J connectivity index is 1.77. The van der Waals surface area contributed by atoms with E-state index in [2.05, 4.69) is 5.32 Å². The number of carbonyl (C=O) groups is 1. The Bertz CT molecular complexity index is 1150. The number of ether oxygens (including phenoxy) is 4. The van der Waals surface area contributed by atoms with Crippen molar-refractivity contribution < 1.29 is 32.5 Å². The molecule has 0 aliphatic carbocycles. The number of halogens is 1. The van der Waals surface area contributed by atoms with Gasteiger partial charge in [-0.15, -0.1) is 0 Å². The van der Waals surface area contributed by atoms with Gasteiger partial charge in [0.1, 0.15) is 23.9 Å². The second-order valence-corrected chi connectivity index (χ2v) is 6.59. The first-order valence-electron chi connectivity index (χ1n) is 9.72. The molecule has 1 heterocycles. The molecule has 3 N–H and O–H groups in total. The molecule has 0 bridgehead atoms. The summed E-state index contributed by atoms with van der Waals surface area (Å²) in [6.45, 7) is 0.659.